The van der Waals surface area contributed by atoms with Crippen molar-refractivity contribution >= 4 is 5.78 Å². The number of hydrogen-bond donors (Lipinski definition) is 1. The molecule has 0 amide bonds. The van der Waals surface area contributed by atoms with Gasteiger partial charge in [-0.3, -0.25) is 0 Å². The monoisotopic (exact) mass is 329 g/mol. The lowest BCUT2D eigenvalue weighted by molar-refractivity contribution is 0.473. The largest absolute Gasteiger partial charge is 0.508 e. The summed E-state index contributed by atoms with van der Waals surface area (Å²) >= 11 is 0. The molecule has 1 aliphatic carbocycles. The smallest absolute Gasteiger partial charge is 0.272 e. The Kier molecular flexibility index (Phi) is 2.88. The van der Waals surface area contributed by atoms with E-state index in [1.165, 1.54) is 0 Å². The second-order valence-corrected chi connectivity index (χ2v) is 6.38. The zero-order valence-corrected chi connectivity index (χ0v) is 13.4. The predicted octanol–water partition coefficient (Wildman–Crippen LogP) is 2.97. The zero-order valence-electron chi connectivity index (χ0n) is 13.4. The summed E-state index contributed by atoms with van der Waals surface area (Å²) in [5.74, 6) is 1.53. The standard InChI is InChI=1S/C19H15N5O/c25-15-8-4-7-14(11-15)19(9-10-19)17-22-23-18-21-16(12-20-24(17)18)13-5-2-1-3-6-13/h1-8,11-12,25H,9-10H2. The van der Waals surface area contributed by atoms with Gasteiger partial charge < -0.3 is 5.11 Å². The number of hydrogen-bond acceptors (Lipinski definition) is 5. The van der Waals surface area contributed by atoms with Crippen molar-refractivity contribution in [1.82, 2.24) is 24.8 Å². The number of nitrogens with zero attached hydrogens (tertiary/aromatic N) is 5. The summed E-state index contributed by atoms with van der Waals surface area (Å²) in [5.41, 5.74) is 2.57. The molecule has 1 fully saturated rings. The summed E-state index contributed by atoms with van der Waals surface area (Å²) in [6.45, 7) is 0. The van der Waals surface area contributed by atoms with Crippen LogP contribution in [0.5, 0.6) is 5.75 Å². The molecule has 0 unspecified atom stereocenters. The number of phenolic OH excluding ortho intramolecular Hbond substituents is 1. The molecule has 1 saturated carbocycles. The maximum atomic E-state index is 9.81. The van der Waals surface area contributed by atoms with Crippen molar-refractivity contribution in [3.8, 4) is 17.0 Å². The molecule has 4 aromatic rings. The van der Waals surface area contributed by atoms with Crippen LogP contribution in [0.4, 0.5) is 0 Å². The molecular weight excluding hydrogens is 314 g/mol. The summed E-state index contributed by atoms with van der Waals surface area (Å²) in [7, 11) is 0. The number of benzene rings is 2. The number of phenols is 1. The van der Waals surface area contributed by atoms with Gasteiger partial charge in [-0.2, -0.15) is 9.61 Å². The third-order valence-corrected chi connectivity index (χ3v) is 4.79. The van der Waals surface area contributed by atoms with Crippen molar-refractivity contribution in [3.05, 3.63) is 72.2 Å². The van der Waals surface area contributed by atoms with Gasteiger partial charge in [-0.15, -0.1) is 10.2 Å². The molecule has 0 bridgehead atoms. The molecule has 1 N–H and O–H groups in total. The summed E-state index contributed by atoms with van der Waals surface area (Å²) in [4.78, 5) is 4.60. The van der Waals surface area contributed by atoms with E-state index in [2.05, 4.69) is 20.3 Å². The highest BCUT2D eigenvalue weighted by Gasteiger charge is 2.50. The molecule has 6 heteroatoms. The molecule has 0 radical (unpaired) electrons. The zero-order chi connectivity index (χ0) is 16.9. The van der Waals surface area contributed by atoms with Crippen LogP contribution in [0.3, 0.4) is 0 Å². The first-order valence-electron chi connectivity index (χ1n) is 8.20. The topological polar surface area (TPSA) is 76.2 Å². The van der Waals surface area contributed by atoms with E-state index < -0.39 is 0 Å². The minimum Gasteiger partial charge on any atom is -0.508 e. The average Bonchev–Trinajstić information content (AvgIpc) is 3.35. The first kappa shape index (κ1) is 14.1. The van der Waals surface area contributed by atoms with Gasteiger partial charge in [-0.1, -0.05) is 42.5 Å². The molecule has 2 aromatic heterocycles. The van der Waals surface area contributed by atoms with E-state index in [0.717, 1.165) is 35.5 Å². The minimum absolute atomic E-state index is 0.235. The molecular formula is C19H15N5O. The maximum Gasteiger partial charge on any atom is 0.272 e. The fourth-order valence-electron chi connectivity index (χ4n) is 3.31. The fourth-order valence-corrected chi connectivity index (χ4v) is 3.31. The van der Waals surface area contributed by atoms with Crippen LogP contribution < -0.4 is 0 Å². The Balaban J connectivity index is 1.62. The number of aromatic nitrogens is 5. The van der Waals surface area contributed by atoms with Crippen LogP contribution in [-0.2, 0) is 5.41 Å². The highest BCUT2D eigenvalue weighted by atomic mass is 16.3. The van der Waals surface area contributed by atoms with E-state index in [1.54, 1.807) is 22.8 Å². The van der Waals surface area contributed by atoms with Gasteiger partial charge in [0.25, 0.3) is 5.78 Å². The third-order valence-electron chi connectivity index (χ3n) is 4.79. The average molecular weight is 329 g/mol. The van der Waals surface area contributed by atoms with Crippen LogP contribution in [0.25, 0.3) is 17.0 Å². The van der Waals surface area contributed by atoms with Crippen molar-refractivity contribution < 1.29 is 5.11 Å². The van der Waals surface area contributed by atoms with Crippen LogP contribution in [0.2, 0.25) is 0 Å². The lowest BCUT2D eigenvalue weighted by Gasteiger charge is -2.13. The van der Waals surface area contributed by atoms with Gasteiger partial charge in [0.2, 0.25) is 0 Å². The molecule has 0 saturated heterocycles. The van der Waals surface area contributed by atoms with Gasteiger partial charge in [0.15, 0.2) is 5.82 Å². The van der Waals surface area contributed by atoms with Crippen molar-refractivity contribution in [3.63, 3.8) is 0 Å². The number of aromatic hydroxyl groups is 1. The molecule has 2 heterocycles. The maximum absolute atomic E-state index is 9.81. The Labute approximate surface area is 143 Å². The number of fused-ring (bicyclic) bond motifs is 1. The molecule has 122 valence electrons. The summed E-state index contributed by atoms with van der Waals surface area (Å²) in [6, 6.07) is 17.2. The Morgan fingerprint density at radius 3 is 2.56 bits per heavy atom. The predicted molar refractivity (Wildman–Crippen MR) is 92.1 cm³/mol. The molecule has 2 aromatic carbocycles. The molecule has 0 aliphatic heterocycles. The third kappa shape index (κ3) is 2.18. The normalized spacial score (nSPS) is 15.4. The van der Waals surface area contributed by atoms with Crippen molar-refractivity contribution in [2.75, 3.05) is 0 Å². The van der Waals surface area contributed by atoms with Crippen LogP contribution in [0.15, 0.2) is 60.8 Å². The quantitative estimate of drug-likeness (QED) is 0.625. The van der Waals surface area contributed by atoms with Crippen LogP contribution >= 0.6 is 0 Å². The Morgan fingerprint density at radius 1 is 0.960 bits per heavy atom. The lowest BCUT2D eigenvalue weighted by Crippen LogP contribution is -2.15. The summed E-state index contributed by atoms with van der Waals surface area (Å²) < 4.78 is 1.71. The van der Waals surface area contributed by atoms with Gasteiger partial charge in [0.05, 0.1) is 17.3 Å². The van der Waals surface area contributed by atoms with Gasteiger partial charge in [-0.05, 0) is 30.5 Å². The van der Waals surface area contributed by atoms with E-state index >= 15 is 0 Å². The SMILES string of the molecule is Oc1cccc(C2(c3nnc4nc(-c5ccccc5)cnn34)CC2)c1. The Bertz CT molecular complexity index is 1070. The van der Waals surface area contributed by atoms with Crippen molar-refractivity contribution in [1.29, 1.82) is 0 Å². The van der Waals surface area contributed by atoms with Crippen LogP contribution in [0.1, 0.15) is 24.2 Å². The summed E-state index contributed by atoms with van der Waals surface area (Å²) in [5, 5.41) is 23.0. The van der Waals surface area contributed by atoms with E-state index in [1.807, 2.05) is 42.5 Å². The van der Waals surface area contributed by atoms with Crippen molar-refractivity contribution in [2.45, 2.75) is 18.3 Å². The lowest BCUT2D eigenvalue weighted by atomic mass is 9.95. The molecule has 25 heavy (non-hydrogen) atoms. The highest BCUT2D eigenvalue weighted by molar-refractivity contribution is 5.59. The van der Waals surface area contributed by atoms with Crippen LogP contribution in [0, 0.1) is 0 Å². The molecule has 0 spiro atoms. The van der Waals surface area contributed by atoms with E-state index in [-0.39, 0.29) is 11.2 Å². The number of rotatable bonds is 3. The molecule has 1 aliphatic rings. The van der Waals surface area contributed by atoms with Crippen LogP contribution in [-0.4, -0.2) is 29.9 Å². The van der Waals surface area contributed by atoms with Gasteiger partial charge in [0.1, 0.15) is 5.75 Å². The van der Waals surface area contributed by atoms with Crippen molar-refractivity contribution in [2.24, 2.45) is 0 Å². The second-order valence-electron chi connectivity index (χ2n) is 6.38. The van der Waals surface area contributed by atoms with E-state index in [0.29, 0.717) is 5.78 Å². The van der Waals surface area contributed by atoms with Gasteiger partial charge in [0, 0.05) is 5.56 Å². The first-order valence-corrected chi connectivity index (χ1v) is 8.20. The van der Waals surface area contributed by atoms with Gasteiger partial charge >= 0.3 is 0 Å². The Hall–Kier alpha value is -3.28. The van der Waals surface area contributed by atoms with Gasteiger partial charge in [-0.25, -0.2) is 4.98 Å². The fraction of sp³-hybridized carbons (Fsp3) is 0.158. The first-order chi connectivity index (χ1) is 12.3. The highest BCUT2D eigenvalue weighted by Crippen LogP contribution is 2.53. The van der Waals surface area contributed by atoms with E-state index in [4.69, 9.17) is 0 Å². The molecule has 5 rings (SSSR count). The Morgan fingerprint density at radius 2 is 1.80 bits per heavy atom. The summed E-state index contributed by atoms with van der Waals surface area (Å²) in [6.07, 6.45) is 3.66. The minimum atomic E-state index is -0.235. The van der Waals surface area contributed by atoms with E-state index in [9.17, 15) is 5.11 Å². The molecule has 6 nitrogen and oxygen atoms in total. The second kappa shape index (κ2) is 5.11. The molecule has 0 atom stereocenters.